The smallest absolute Gasteiger partial charge is 0.306 e. The first-order valence-corrected chi connectivity index (χ1v) is 31.7. The number of esters is 3. The molecule has 0 saturated carbocycles. The second kappa shape index (κ2) is 62.9. The van der Waals surface area contributed by atoms with Crippen molar-refractivity contribution in [2.75, 3.05) is 13.2 Å². The maximum atomic E-state index is 12.9. The zero-order chi connectivity index (χ0) is 54.3. The van der Waals surface area contributed by atoms with E-state index in [4.69, 9.17) is 14.2 Å². The molecular weight excluding hydrogens is 925 g/mol. The van der Waals surface area contributed by atoms with Gasteiger partial charge in [0.1, 0.15) is 13.2 Å². The van der Waals surface area contributed by atoms with Crippen LogP contribution in [0, 0.1) is 0 Å². The van der Waals surface area contributed by atoms with E-state index in [1.54, 1.807) is 0 Å². The van der Waals surface area contributed by atoms with E-state index >= 15 is 0 Å². The maximum Gasteiger partial charge on any atom is 0.306 e. The van der Waals surface area contributed by atoms with E-state index in [1.165, 1.54) is 141 Å². The molecule has 0 spiro atoms. The van der Waals surface area contributed by atoms with E-state index in [0.29, 0.717) is 19.3 Å². The molecule has 0 aliphatic heterocycles. The van der Waals surface area contributed by atoms with Crippen molar-refractivity contribution in [1.82, 2.24) is 0 Å². The Kier molecular flexibility index (Phi) is 59.8. The number of hydrogen-bond acceptors (Lipinski definition) is 6. The summed E-state index contributed by atoms with van der Waals surface area (Å²) in [6, 6.07) is 0. The molecule has 430 valence electrons. The van der Waals surface area contributed by atoms with Gasteiger partial charge in [-0.15, -0.1) is 0 Å². The van der Waals surface area contributed by atoms with Crippen LogP contribution in [0.15, 0.2) is 97.2 Å². The zero-order valence-corrected chi connectivity index (χ0v) is 49.3. The zero-order valence-electron chi connectivity index (χ0n) is 49.3. The van der Waals surface area contributed by atoms with Crippen LogP contribution in [0.4, 0.5) is 0 Å². The summed E-state index contributed by atoms with van der Waals surface area (Å²) in [5, 5.41) is 0. The standard InChI is InChI=1S/C69H118O6/c1-4-7-10-13-16-19-22-24-26-28-30-31-32-33-34-35-36-37-38-39-40-42-43-45-47-50-53-56-59-62-68(71)74-65-66(64-73-67(70)61-58-55-52-49-21-18-15-12-9-6-3)75-69(72)63-60-57-54-51-48-46-44-41-29-27-25-23-20-17-14-11-8-5-2/h7,10,12,15-16,19,24,26,30-31,33-34,36-37,39-40,66H,4-6,8-9,11,13-14,17-18,20-23,25,27-29,32,35,38,41-65H2,1-3H3/b10-7-,15-12-,19-16-,26-24-,31-30-,34-33-,37-36-,40-39-. The van der Waals surface area contributed by atoms with Crippen LogP contribution in [0.2, 0.25) is 0 Å². The maximum absolute atomic E-state index is 12.9. The average Bonchev–Trinajstić information content (AvgIpc) is 3.41. The molecule has 0 rings (SSSR count). The van der Waals surface area contributed by atoms with Crippen LogP contribution in [-0.4, -0.2) is 37.2 Å². The highest BCUT2D eigenvalue weighted by molar-refractivity contribution is 5.71. The molecule has 0 aliphatic rings. The number of carbonyl (C=O) groups excluding carboxylic acids is 3. The first-order valence-electron chi connectivity index (χ1n) is 31.7. The van der Waals surface area contributed by atoms with Gasteiger partial charge in [0, 0.05) is 19.3 Å². The van der Waals surface area contributed by atoms with Crippen molar-refractivity contribution >= 4 is 17.9 Å². The first-order chi connectivity index (χ1) is 37.0. The summed E-state index contributed by atoms with van der Waals surface area (Å²) >= 11 is 0. The Balaban J connectivity index is 4.26. The summed E-state index contributed by atoms with van der Waals surface area (Å²) < 4.78 is 16.9. The van der Waals surface area contributed by atoms with Gasteiger partial charge < -0.3 is 14.2 Å². The Hall–Kier alpha value is -3.67. The Morgan fingerprint density at radius 2 is 0.547 bits per heavy atom. The Bertz CT molecular complexity index is 1480. The minimum atomic E-state index is -0.784. The lowest BCUT2D eigenvalue weighted by Crippen LogP contribution is -2.30. The summed E-state index contributed by atoms with van der Waals surface area (Å²) in [5.41, 5.74) is 0. The third kappa shape index (κ3) is 61.1. The highest BCUT2D eigenvalue weighted by Gasteiger charge is 2.19. The van der Waals surface area contributed by atoms with Gasteiger partial charge in [0.25, 0.3) is 0 Å². The molecule has 0 amide bonds. The first kappa shape index (κ1) is 71.3. The molecule has 6 nitrogen and oxygen atoms in total. The molecule has 1 atom stereocenters. The molecular formula is C69H118O6. The topological polar surface area (TPSA) is 78.9 Å². The van der Waals surface area contributed by atoms with E-state index in [2.05, 4.69) is 118 Å². The minimum Gasteiger partial charge on any atom is -0.462 e. The number of carbonyl (C=O) groups is 3. The van der Waals surface area contributed by atoms with Crippen LogP contribution in [0.5, 0.6) is 0 Å². The quantitative estimate of drug-likeness (QED) is 0.0261. The molecule has 0 bridgehead atoms. The van der Waals surface area contributed by atoms with E-state index in [9.17, 15) is 14.4 Å². The van der Waals surface area contributed by atoms with Crippen LogP contribution in [0.1, 0.15) is 303 Å². The molecule has 0 heterocycles. The van der Waals surface area contributed by atoms with E-state index in [-0.39, 0.29) is 31.1 Å². The summed E-state index contributed by atoms with van der Waals surface area (Å²) in [6.07, 6.45) is 84.2. The number of rotatable bonds is 57. The molecule has 0 N–H and O–H groups in total. The monoisotopic (exact) mass is 1040 g/mol. The summed E-state index contributed by atoms with van der Waals surface area (Å²) in [5.74, 6) is -0.894. The minimum absolute atomic E-state index is 0.0830. The van der Waals surface area contributed by atoms with Gasteiger partial charge in [0.2, 0.25) is 0 Å². The predicted molar refractivity (Wildman–Crippen MR) is 325 cm³/mol. The third-order valence-electron chi connectivity index (χ3n) is 13.6. The molecule has 0 aromatic heterocycles. The SMILES string of the molecule is CC/C=C\C/C=C\C/C=C\C/C=C\C/C=C\C/C=C\C/C=C\CCCCCCCCCC(=O)OCC(COC(=O)CCCCCCC/C=C\CCC)OC(=O)CCCCCCCCCCCCCCCCCCCC. The molecule has 1 unspecified atom stereocenters. The number of hydrogen-bond donors (Lipinski definition) is 0. The van der Waals surface area contributed by atoms with Crippen molar-refractivity contribution in [3.8, 4) is 0 Å². The summed E-state index contributed by atoms with van der Waals surface area (Å²) in [4.78, 5) is 38.2. The molecule has 0 fully saturated rings. The van der Waals surface area contributed by atoms with Crippen LogP contribution >= 0.6 is 0 Å². The van der Waals surface area contributed by atoms with Crippen molar-refractivity contribution in [2.24, 2.45) is 0 Å². The van der Waals surface area contributed by atoms with Gasteiger partial charge in [-0.2, -0.15) is 0 Å². The van der Waals surface area contributed by atoms with Gasteiger partial charge in [0.05, 0.1) is 0 Å². The normalized spacial score (nSPS) is 12.7. The Morgan fingerprint density at radius 3 is 0.880 bits per heavy atom. The predicted octanol–water partition coefficient (Wildman–Crippen LogP) is 21.7. The van der Waals surface area contributed by atoms with E-state index in [0.717, 1.165) is 122 Å². The Labute approximate surface area is 464 Å². The molecule has 6 heteroatoms. The van der Waals surface area contributed by atoms with Crippen LogP contribution in [0.3, 0.4) is 0 Å². The second-order valence-electron chi connectivity index (χ2n) is 20.9. The molecule has 0 radical (unpaired) electrons. The van der Waals surface area contributed by atoms with Crippen molar-refractivity contribution < 1.29 is 28.6 Å². The highest BCUT2D eigenvalue weighted by atomic mass is 16.6. The van der Waals surface area contributed by atoms with Crippen molar-refractivity contribution in [2.45, 2.75) is 309 Å². The van der Waals surface area contributed by atoms with Gasteiger partial charge in [-0.1, -0.05) is 285 Å². The molecule has 0 aromatic carbocycles. The fourth-order valence-corrected chi connectivity index (χ4v) is 8.84. The van der Waals surface area contributed by atoms with Gasteiger partial charge in [0.15, 0.2) is 6.10 Å². The van der Waals surface area contributed by atoms with Gasteiger partial charge in [-0.3, -0.25) is 14.4 Å². The number of allylic oxidation sites excluding steroid dienone is 16. The average molecular weight is 1040 g/mol. The molecule has 75 heavy (non-hydrogen) atoms. The van der Waals surface area contributed by atoms with E-state index < -0.39 is 6.10 Å². The molecule has 0 saturated heterocycles. The lowest BCUT2D eigenvalue weighted by Gasteiger charge is -2.18. The lowest BCUT2D eigenvalue weighted by atomic mass is 10.0. The number of unbranched alkanes of at least 4 members (excludes halogenated alkanes) is 30. The van der Waals surface area contributed by atoms with Crippen LogP contribution < -0.4 is 0 Å². The van der Waals surface area contributed by atoms with Crippen LogP contribution in [-0.2, 0) is 28.6 Å². The highest BCUT2D eigenvalue weighted by Crippen LogP contribution is 2.16. The van der Waals surface area contributed by atoms with Gasteiger partial charge in [-0.05, 0) is 96.3 Å². The summed E-state index contributed by atoms with van der Waals surface area (Å²) in [7, 11) is 0. The van der Waals surface area contributed by atoms with Crippen molar-refractivity contribution in [3.63, 3.8) is 0 Å². The van der Waals surface area contributed by atoms with Crippen LogP contribution in [0.25, 0.3) is 0 Å². The summed E-state index contributed by atoms with van der Waals surface area (Å²) in [6.45, 7) is 6.47. The largest absolute Gasteiger partial charge is 0.462 e. The molecule has 0 aromatic rings. The Morgan fingerprint density at radius 1 is 0.280 bits per heavy atom. The fraction of sp³-hybridized carbons (Fsp3) is 0.725. The van der Waals surface area contributed by atoms with Crippen molar-refractivity contribution in [3.05, 3.63) is 97.2 Å². The van der Waals surface area contributed by atoms with E-state index in [1.807, 2.05) is 0 Å². The van der Waals surface area contributed by atoms with Crippen molar-refractivity contribution in [1.29, 1.82) is 0 Å². The fourth-order valence-electron chi connectivity index (χ4n) is 8.84. The number of ether oxygens (including phenoxy) is 3. The third-order valence-corrected chi connectivity index (χ3v) is 13.6. The lowest BCUT2D eigenvalue weighted by molar-refractivity contribution is -0.167. The van der Waals surface area contributed by atoms with Gasteiger partial charge >= 0.3 is 17.9 Å². The van der Waals surface area contributed by atoms with Gasteiger partial charge in [-0.25, -0.2) is 0 Å². The molecule has 0 aliphatic carbocycles. The second-order valence-corrected chi connectivity index (χ2v) is 20.9.